The summed E-state index contributed by atoms with van der Waals surface area (Å²) < 4.78 is 9.60. The van der Waals surface area contributed by atoms with Gasteiger partial charge in [-0.2, -0.15) is 0 Å². The van der Waals surface area contributed by atoms with E-state index in [9.17, 15) is 24.9 Å². The molecule has 0 amide bonds. The number of carbonyl (C=O) groups is 2. The molecule has 2 aromatic carbocycles. The van der Waals surface area contributed by atoms with E-state index < -0.39 is 17.5 Å². The van der Waals surface area contributed by atoms with Crippen molar-refractivity contribution >= 4 is 11.8 Å². The van der Waals surface area contributed by atoms with Gasteiger partial charge in [-0.3, -0.25) is 9.59 Å². The molecular formula is C19H20O7. The van der Waals surface area contributed by atoms with Crippen LogP contribution in [0.3, 0.4) is 0 Å². The molecule has 0 heterocycles. The van der Waals surface area contributed by atoms with Gasteiger partial charge in [0, 0.05) is 11.6 Å². The van der Waals surface area contributed by atoms with E-state index in [1.807, 2.05) is 0 Å². The van der Waals surface area contributed by atoms with Crippen LogP contribution in [-0.4, -0.2) is 41.3 Å². The van der Waals surface area contributed by atoms with Crippen molar-refractivity contribution in [2.45, 2.75) is 19.8 Å². The molecule has 0 unspecified atom stereocenters. The van der Waals surface area contributed by atoms with Gasteiger partial charge in [0.15, 0.2) is 17.3 Å². The molecule has 138 valence electrons. The number of aromatic hydroxyl groups is 3. The Morgan fingerprint density at radius 3 is 2.19 bits per heavy atom. The fourth-order valence-corrected chi connectivity index (χ4v) is 2.78. The van der Waals surface area contributed by atoms with Gasteiger partial charge in [0.1, 0.15) is 11.5 Å². The van der Waals surface area contributed by atoms with Crippen LogP contribution in [0, 0.1) is 0 Å². The summed E-state index contributed by atoms with van der Waals surface area (Å²) >= 11 is 0. The van der Waals surface area contributed by atoms with Gasteiger partial charge in [0.25, 0.3) is 0 Å². The summed E-state index contributed by atoms with van der Waals surface area (Å²) in [4.78, 5) is 24.7. The van der Waals surface area contributed by atoms with Crippen LogP contribution in [-0.2, 0) is 22.4 Å². The van der Waals surface area contributed by atoms with Crippen LogP contribution in [0.2, 0.25) is 0 Å². The topological polar surface area (TPSA) is 113 Å². The number of phenolic OH excluding ortho intramolecular Hbond substituents is 3. The average Bonchev–Trinajstić information content (AvgIpc) is 2.61. The van der Waals surface area contributed by atoms with Crippen molar-refractivity contribution in [2.24, 2.45) is 0 Å². The van der Waals surface area contributed by atoms with Crippen molar-refractivity contribution in [3.63, 3.8) is 0 Å². The standard InChI is InChI=1S/C19H20O7/c1-4-11-12(8-17(23)26-3)18(15(22)9-13(11)20)19(24)10-5-6-16(25-2)14(21)7-10/h5-7,9,20-22H,4,8H2,1-3H3. The maximum absolute atomic E-state index is 12.9. The molecule has 26 heavy (non-hydrogen) atoms. The zero-order valence-corrected chi connectivity index (χ0v) is 14.7. The van der Waals surface area contributed by atoms with Crippen molar-refractivity contribution < 1.29 is 34.4 Å². The first-order chi connectivity index (χ1) is 12.3. The first-order valence-corrected chi connectivity index (χ1v) is 7.89. The van der Waals surface area contributed by atoms with Gasteiger partial charge in [0.05, 0.1) is 26.2 Å². The van der Waals surface area contributed by atoms with E-state index in [2.05, 4.69) is 4.74 Å². The number of methoxy groups -OCH3 is 2. The van der Waals surface area contributed by atoms with E-state index in [1.54, 1.807) is 6.92 Å². The summed E-state index contributed by atoms with van der Waals surface area (Å²) in [6, 6.07) is 5.12. The van der Waals surface area contributed by atoms with E-state index >= 15 is 0 Å². The molecule has 0 aliphatic rings. The lowest BCUT2D eigenvalue weighted by molar-refractivity contribution is -0.139. The predicted octanol–water partition coefficient (Wildman–Crippen LogP) is 2.32. The number of phenols is 3. The summed E-state index contributed by atoms with van der Waals surface area (Å²) in [6.07, 6.45) is 0.0530. The third kappa shape index (κ3) is 3.56. The van der Waals surface area contributed by atoms with E-state index in [-0.39, 0.29) is 40.4 Å². The lowest BCUT2D eigenvalue weighted by Gasteiger charge is -2.16. The van der Waals surface area contributed by atoms with Gasteiger partial charge in [-0.25, -0.2) is 0 Å². The molecule has 0 aliphatic heterocycles. The Morgan fingerprint density at radius 2 is 1.65 bits per heavy atom. The van der Waals surface area contributed by atoms with Gasteiger partial charge < -0.3 is 24.8 Å². The predicted molar refractivity (Wildman–Crippen MR) is 93.0 cm³/mol. The zero-order valence-electron chi connectivity index (χ0n) is 14.7. The minimum atomic E-state index is -0.615. The number of ether oxygens (including phenoxy) is 2. The van der Waals surface area contributed by atoms with Crippen LogP contribution in [0.1, 0.15) is 34.0 Å². The van der Waals surface area contributed by atoms with E-state index in [0.29, 0.717) is 12.0 Å². The van der Waals surface area contributed by atoms with Crippen molar-refractivity contribution in [3.05, 3.63) is 46.5 Å². The molecule has 0 fully saturated rings. The fourth-order valence-electron chi connectivity index (χ4n) is 2.78. The van der Waals surface area contributed by atoms with Gasteiger partial charge in [-0.05, 0) is 35.7 Å². The molecule has 0 saturated heterocycles. The van der Waals surface area contributed by atoms with Gasteiger partial charge in [-0.1, -0.05) is 6.92 Å². The maximum Gasteiger partial charge on any atom is 0.310 e. The SMILES string of the molecule is CCc1c(O)cc(O)c(C(=O)c2ccc(OC)c(O)c2)c1CC(=O)OC. The summed E-state index contributed by atoms with van der Waals surface area (Å²) in [5, 5.41) is 30.2. The molecule has 0 aliphatic carbocycles. The first kappa shape index (κ1) is 19.1. The van der Waals surface area contributed by atoms with E-state index in [0.717, 1.165) is 6.07 Å². The molecule has 0 bridgehead atoms. The van der Waals surface area contributed by atoms with Crippen molar-refractivity contribution in [3.8, 4) is 23.0 Å². The van der Waals surface area contributed by atoms with E-state index in [1.165, 1.54) is 32.4 Å². The summed E-state index contributed by atoms with van der Waals surface area (Å²) in [5.74, 6) is -1.93. The van der Waals surface area contributed by atoms with Crippen LogP contribution in [0.4, 0.5) is 0 Å². The Balaban J connectivity index is 2.65. The Kier molecular flexibility index (Phi) is 5.71. The molecule has 7 nitrogen and oxygen atoms in total. The van der Waals surface area contributed by atoms with Gasteiger partial charge in [-0.15, -0.1) is 0 Å². The van der Waals surface area contributed by atoms with Crippen LogP contribution < -0.4 is 4.74 Å². The molecular weight excluding hydrogens is 340 g/mol. The first-order valence-electron chi connectivity index (χ1n) is 7.89. The average molecular weight is 360 g/mol. The van der Waals surface area contributed by atoms with Crippen molar-refractivity contribution in [1.29, 1.82) is 0 Å². The quantitative estimate of drug-likeness (QED) is 0.535. The van der Waals surface area contributed by atoms with Gasteiger partial charge >= 0.3 is 5.97 Å². The Bertz CT molecular complexity index is 855. The summed E-state index contributed by atoms with van der Waals surface area (Å²) in [7, 11) is 2.59. The molecule has 0 atom stereocenters. The summed E-state index contributed by atoms with van der Waals surface area (Å²) in [5.41, 5.74) is 0.540. The minimum Gasteiger partial charge on any atom is -0.508 e. The molecule has 2 aromatic rings. The fraction of sp³-hybridized carbons (Fsp3) is 0.263. The van der Waals surface area contributed by atoms with E-state index in [4.69, 9.17) is 4.74 Å². The second kappa shape index (κ2) is 7.77. The third-order valence-electron chi connectivity index (χ3n) is 4.08. The molecule has 3 N–H and O–H groups in total. The molecule has 0 saturated carbocycles. The Hall–Kier alpha value is -3.22. The third-order valence-corrected chi connectivity index (χ3v) is 4.08. The lowest BCUT2D eigenvalue weighted by Crippen LogP contribution is -2.14. The number of esters is 1. The maximum atomic E-state index is 12.9. The minimum absolute atomic E-state index is 0.0949. The second-order valence-electron chi connectivity index (χ2n) is 5.57. The van der Waals surface area contributed by atoms with Crippen molar-refractivity contribution in [1.82, 2.24) is 0 Å². The van der Waals surface area contributed by atoms with Crippen LogP contribution >= 0.6 is 0 Å². The number of ketones is 1. The smallest absolute Gasteiger partial charge is 0.310 e. The molecule has 0 radical (unpaired) electrons. The number of hydrogen-bond acceptors (Lipinski definition) is 7. The Morgan fingerprint density at radius 1 is 0.962 bits per heavy atom. The number of benzene rings is 2. The highest BCUT2D eigenvalue weighted by Gasteiger charge is 2.25. The summed E-state index contributed by atoms with van der Waals surface area (Å²) in [6.45, 7) is 1.75. The highest BCUT2D eigenvalue weighted by Crippen LogP contribution is 2.36. The van der Waals surface area contributed by atoms with Crippen molar-refractivity contribution in [2.75, 3.05) is 14.2 Å². The molecule has 0 aromatic heterocycles. The van der Waals surface area contributed by atoms with Crippen LogP contribution in [0.5, 0.6) is 23.0 Å². The van der Waals surface area contributed by atoms with Gasteiger partial charge in [0.2, 0.25) is 0 Å². The normalized spacial score (nSPS) is 10.4. The Labute approximate surface area is 150 Å². The highest BCUT2D eigenvalue weighted by molar-refractivity contribution is 6.12. The molecule has 2 rings (SSSR count). The second-order valence-corrected chi connectivity index (χ2v) is 5.57. The zero-order chi connectivity index (χ0) is 19.4. The number of hydrogen-bond donors (Lipinski definition) is 3. The highest BCUT2D eigenvalue weighted by atomic mass is 16.5. The van der Waals surface area contributed by atoms with Crippen LogP contribution in [0.15, 0.2) is 24.3 Å². The largest absolute Gasteiger partial charge is 0.508 e. The number of rotatable bonds is 6. The number of carbonyl (C=O) groups excluding carboxylic acids is 2. The van der Waals surface area contributed by atoms with Crippen LogP contribution in [0.25, 0.3) is 0 Å². The lowest BCUT2D eigenvalue weighted by atomic mass is 9.90. The molecule has 0 spiro atoms. The molecule has 7 heteroatoms. The monoisotopic (exact) mass is 360 g/mol.